The summed E-state index contributed by atoms with van der Waals surface area (Å²) in [7, 11) is 0. The second kappa shape index (κ2) is 4.47. The Labute approximate surface area is 93.6 Å². The van der Waals surface area contributed by atoms with E-state index in [1.54, 1.807) is 0 Å². The molecule has 1 saturated heterocycles. The van der Waals surface area contributed by atoms with Gasteiger partial charge in [-0.2, -0.15) is 0 Å². The standard InChI is InChI=1S/C12H15F2NO/c1-12(7-16-8-12)6-15-5-9-2-10(13)4-11(14)3-9/h2-4,15H,5-8H2,1H3. The van der Waals surface area contributed by atoms with Gasteiger partial charge in [0.1, 0.15) is 11.6 Å². The molecule has 0 atom stereocenters. The average Bonchev–Trinajstić information content (AvgIpc) is 2.13. The minimum atomic E-state index is -0.532. The Kier molecular flexibility index (Phi) is 3.21. The highest BCUT2D eigenvalue weighted by molar-refractivity contribution is 5.17. The van der Waals surface area contributed by atoms with Crippen LogP contribution < -0.4 is 5.32 Å². The van der Waals surface area contributed by atoms with Crippen molar-refractivity contribution in [1.29, 1.82) is 0 Å². The zero-order valence-corrected chi connectivity index (χ0v) is 9.22. The van der Waals surface area contributed by atoms with Crippen LogP contribution in [0.5, 0.6) is 0 Å². The maximum atomic E-state index is 12.9. The van der Waals surface area contributed by atoms with Crippen molar-refractivity contribution in [3.8, 4) is 0 Å². The SMILES string of the molecule is CC1(CNCc2cc(F)cc(F)c2)COC1. The normalized spacial score (nSPS) is 18.2. The fourth-order valence-electron chi connectivity index (χ4n) is 1.77. The highest BCUT2D eigenvalue weighted by Gasteiger charge is 2.32. The molecular formula is C12H15F2NO. The van der Waals surface area contributed by atoms with Gasteiger partial charge in [-0.25, -0.2) is 8.78 Å². The highest BCUT2D eigenvalue weighted by atomic mass is 19.1. The molecule has 1 aromatic carbocycles. The van der Waals surface area contributed by atoms with Crippen LogP contribution in [-0.4, -0.2) is 19.8 Å². The molecule has 88 valence electrons. The van der Waals surface area contributed by atoms with Crippen molar-refractivity contribution in [2.75, 3.05) is 19.8 Å². The molecule has 0 saturated carbocycles. The van der Waals surface area contributed by atoms with Crippen molar-refractivity contribution in [3.05, 3.63) is 35.4 Å². The minimum absolute atomic E-state index is 0.172. The molecule has 4 heteroatoms. The lowest BCUT2D eigenvalue weighted by molar-refractivity contribution is -0.0991. The Morgan fingerprint density at radius 2 is 1.88 bits per heavy atom. The van der Waals surface area contributed by atoms with E-state index in [2.05, 4.69) is 12.2 Å². The molecule has 0 aliphatic carbocycles. The zero-order chi connectivity index (χ0) is 11.6. The van der Waals surface area contributed by atoms with E-state index < -0.39 is 11.6 Å². The lowest BCUT2D eigenvalue weighted by atomic mass is 9.89. The van der Waals surface area contributed by atoms with E-state index in [9.17, 15) is 8.78 Å². The zero-order valence-electron chi connectivity index (χ0n) is 9.22. The number of hydrogen-bond acceptors (Lipinski definition) is 2. The smallest absolute Gasteiger partial charge is 0.126 e. The molecule has 2 rings (SSSR count). The third kappa shape index (κ3) is 2.77. The second-order valence-electron chi connectivity index (χ2n) is 4.68. The van der Waals surface area contributed by atoms with Gasteiger partial charge in [-0.1, -0.05) is 6.92 Å². The fourth-order valence-corrected chi connectivity index (χ4v) is 1.77. The maximum Gasteiger partial charge on any atom is 0.126 e. The van der Waals surface area contributed by atoms with Crippen molar-refractivity contribution in [2.24, 2.45) is 5.41 Å². The lowest BCUT2D eigenvalue weighted by Crippen LogP contribution is -2.47. The molecule has 1 aromatic rings. The summed E-state index contributed by atoms with van der Waals surface area (Å²) in [5.41, 5.74) is 0.799. The third-order valence-corrected chi connectivity index (χ3v) is 2.70. The van der Waals surface area contributed by atoms with Gasteiger partial charge in [0.2, 0.25) is 0 Å². The first-order valence-electron chi connectivity index (χ1n) is 5.31. The van der Waals surface area contributed by atoms with Crippen molar-refractivity contribution in [2.45, 2.75) is 13.5 Å². The van der Waals surface area contributed by atoms with E-state index >= 15 is 0 Å². The fraction of sp³-hybridized carbons (Fsp3) is 0.500. The van der Waals surface area contributed by atoms with E-state index in [1.807, 2.05) is 0 Å². The Morgan fingerprint density at radius 3 is 2.38 bits per heavy atom. The number of nitrogens with one attached hydrogen (secondary N) is 1. The van der Waals surface area contributed by atoms with Crippen LogP contribution in [0.2, 0.25) is 0 Å². The van der Waals surface area contributed by atoms with Crippen molar-refractivity contribution < 1.29 is 13.5 Å². The molecule has 0 aromatic heterocycles. The summed E-state index contributed by atoms with van der Waals surface area (Å²) < 4.78 is 30.9. The van der Waals surface area contributed by atoms with Gasteiger partial charge >= 0.3 is 0 Å². The Balaban J connectivity index is 1.84. The van der Waals surface area contributed by atoms with Gasteiger partial charge in [-0.05, 0) is 17.7 Å². The first-order valence-corrected chi connectivity index (χ1v) is 5.31. The van der Waals surface area contributed by atoms with Crippen molar-refractivity contribution >= 4 is 0 Å². The molecule has 1 fully saturated rings. The molecule has 16 heavy (non-hydrogen) atoms. The third-order valence-electron chi connectivity index (χ3n) is 2.70. The number of benzene rings is 1. The van der Waals surface area contributed by atoms with Crippen LogP contribution in [0.25, 0.3) is 0 Å². The van der Waals surface area contributed by atoms with Gasteiger partial charge in [-0.15, -0.1) is 0 Å². The van der Waals surface area contributed by atoms with E-state index in [0.29, 0.717) is 12.1 Å². The van der Waals surface area contributed by atoms with E-state index in [1.165, 1.54) is 12.1 Å². The Bertz CT molecular complexity index is 357. The molecule has 1 aliphatic rings. The molecule has 1 N–H and O–H groups in total. The van der Waals surface area contributed by atoms with Gasteiger partial charge in [0.25, 0.3) is 0 Å². The topological polar surface area (TPSA) is 21.3 Å². The van der Waals surface area contributed by atoms with Crippen LogP contribution >= 0.6 is 0 Å². The highest BCUT2D eigenvalue weighted by Crippen LogP contribution is 2.25. The van der Waals surface area contributed by atoms with Crippen LogP contribution in [0.15, 0.2) is 18.2 Å². The average molecular weight is 227 g/mol. The summed E-state index contributed by atoms with van der Waals surface area (Å²) in [6.07, 6.45) is 0. The molecular weight excluding hydrogens is 212 g/mol. The second-order valence-corrected chi connectivity index (χ2v) is 4.68. The number of ether oxygens (including phenoxy) is 1. The molecule has 0 unspecified atom stereocenters. The molecule has 1 heterocycles. The monoisotopic (exact) mass is 227 g/mol. The first-order chi connectivity index (χ1) is 7.57. The van der Waals surface area contributed by atoms with E-state index in [-0.39, 0.29) is 5.41 Å². The molecule has 0 spiro atoms. The van der Waals surface area contributed by atoms with Gasteiger partial charge in [0.05, 0.1) is 13.2 Å². The molecule has 1 aliphatic heterocycles. The predicted octanol–water partition coefficient (Wildman–Crippen LogP) is 2.09. The number of hydrogen-bond donors (Lipinski definition) is 1. The Hall–Kier alpha value is -1.00. The van der Waals surface area contributed by atoms with E-state index in [0.717, 1.165) is 25.8 Å². The van der Waals surface area contributed by atoms with Crippen molar-refractivity contribution in [3.63, 3.8) is 0 Å². The predicted molar refractivity (Wildman–Crippen MR) is 57.0 cm³/mol. The van der Waals surface area contributed by atoms with Crippen LogP contribution in [0.1, 0.15) is 12.5 Å². The summed E-state index contributed by atoms with van der Waals surface area (Å²) in [5.74, 6) is -1.06. The molecule has 0 bridgehead atoms. The van der Waals surface area contributed by atoms with Gasteiger partial charge < -0.3 is 10.1 Å². The quantitative estimate of drug-likeness (QED) is 0.850. The molecule has 0 radical (unpaired) electrons. The first kappa shape index (κ1) is 11.5. The van der Waals surface area contributed by atoms with Gasteiger partial charge in [0.15, 0.2) is 0 Å². The van der Waals surface area contributed by atoms with Crippen LogP contribution in [0, 0.1) is 17.0 Å². The van der Waals surface area contributed by atoms with Gasteiger partial charge in [-0.3, -0.25) is 0 Å². The number of halogens is 2. The summed E-state index contributed by atoms with van der Waals surface area (Å²) in [4.78, 5) is 0. The van der Waals surface area contributed by atoms with Crippen LogP contribution in [0.4, 0.5) is 8.78 Å². The maximum absolute atomic E-state index is 12.9. The molecule has 0 amide bonds. The summed E-state index contributed by atoms with van der Waals surface area (Å²) in [5, 5.41) is 3.19. The largest absolute Gasteiger partial charge is 0.380 e. The van der Waals surface area contributed by atoms with Gasteiger partial charge in [0, 0.05) is 24.6 Å². The van der Waals surface area contributed by atoms with E-state index in [4.69, 9.17) is 4.74 Å². The molecule has 2 nitrogen and oxygen atoms in total. The van der Waals surface area contributed by atoms with Crippen LogP contribution in [-0.2, 0) is 11.3 Å². The lowest BCUT2D eigenvalue weighted by Gasteiger charge is -2.38. The van der Waals surface area contributed by atoms with Crippen molar-refractivity contribution in [1.82, 2.24) is 5.32 Å². The number of rotatable bonds is 4. The summed E-state index contributed by atoms with van der Waals surface area (Å²) in [6.45, 7) is 4.89. The summed E-state index contributed by atoms with van der Waals surface area (Å²) >= 11 is 0. The summed E-state index contributed by atoms with van der Waals surface area (Å²) in [6, 6.07) is 3.57. The minimum Gasteiger partial charge on any atom is -0.380 e. The van der Waals surface area contributed by atoms with Crippen LogP contribution in [0.3, 0.4) is 0 Å². The Morgan fingerprint density at radius 1 is 1.25 bits per heavy atom.